The number of anilines is 2. The zero-order valence-corrected chi connectivity index (χ0v) is 16.3. The van der Waals surface area contributed by atoms with Crippen molar-refractivity contribution >= 4 is 44.1 Å². The quantitative estimate of drug-likeness (QED) is 0.725. The van der Waals surface area contributed by atoms with E-state index in [4.69, 9.17) is 4.74 Å². The number of esters is 1. The summed E-state index contributed by atoms with van der Waals surface area (Å²) in [5, 5.41) is 2.58. The Morgan fingerprint density at radius 1 is 1.27 bits per heavy atom. The maximum absolute atomic E-state index is 12.5. The van der Waals surface area contributed by atoms with Gasteiger partial charge in [-0.25, -0.2) is 18.2 Å². The van der Waals surface area contributed by atoms with E-state index >= 15 is 0 Å². The molecule has 0 saturated carbocycles. The van der Waals surface area contributed by atoms with Crippen LogP contribution in [0.1, 0.15) is 36.1 Å². The number of nitrogens with zero attached hydrogens (tertiary/aromatic N) is 1. The van der Waals surface area contributed by atoms with Crippen molar-refractivity contribution in [3.8, 4) is 0 Å². The minimum Gasteiger partial charge on any atom is -0.459 e. The molecule has 140 valence electrons. The number of hydrogen-bond acceptors (Lipinski definition) is 7. The molecule has 2 aromatic rings. The molecule has 0 spiro atoms. The highest BCUT2D eigenvalue weighted by Crippen LogP contribution is 2.26. The van der Waals surface area contributed by atoms with Crippen LogP contribution < -0.4 is 10.0 Å². The fourth-order valence-electron chi connectivity index (χ4n) is 2.02. The van der Waals surface area contributed by atoms with E-state index in [2.05, 4.69) is 15.0 Å². The van der Waals surface area contributed by atoms with Crippen LogP contribution in [0.4, 0.5) is 10.8 Å². The average molecular weight is 397 g/mol. The summed E-state index contributed by atoms with van der Waals surface area (Å²) < 4.78 is 32.5. The second-order valence-corrected chi connectivity index (χ2v) is 8.38. The van der Waals surface area contributed by atoms with Crippen molar-refractivity contribution in [2.75, 3.05) is 10.0 Å². The molecule has 0 radical (unpaired) electrons. The summed E-state index contributed by atoms with van der Waals surface area (Å²) in [4.78, 5) is 27.4. The molecule has 1 amide bonds. The predicted octanol–water partition coefficient (Wildman–Crippen LogP) is 2.78. The number of aromatic nitrogens is 1. The molecule has 8 nitrogen and oxygen atoms in total. The SMILES string of the molecule is CC(=O)Nc1cccc(S(=O)(=O)Nc2nc(C)c(C(=O)OC(C)C)s2)c1. The standard InChI is InChI=1S/C16H19N3O5S2/c1-9(2)24-15(21)14-10(3)17-16(25-14)19-26(22,23)13-7-5-6-12(8-13)18-11(4)20/h5-9H,1-4H3,(H,17,19)(H,18,20). The molecule has 26 heavy (non-hydrogen) atoms. The zero-order valence-electron chi connectivity index (χ0n) is 14.7. The highest BCUT2D eigenvalue weighted by atomic mass is 32.2. The summed E-state index contributed by atoms with van der Waals surface area (Å²) in [5.41, 5.74) is 0.738. The topological polar surface area (TPSA) is 114 Å². The van der Waals surface area contributed by atoms with E-state index in [-0.39, 0.29) is 26.9 Å². The molecule has 1 heterocycles. The summed E-state index contributed by atoms with van der Waals surface area (Å²) in [6, 6.07) is 5.81. The first-order chi connectivity index (χ1) is 12.1. The molecule has 2 rings (SSSR count). The van der Waals surface area contributed by atoms with Crippen molar-refractivity contribution in [1.29, 1.82) is 0 Å². The molecule has 0 aliphatic carbocycles. The zero-order chi connectivity index (χ0) is 19.5. The van der Waals surface area contributed by atoms with E-state index < -0.39 is 16.0 Å². The van der Waals surface area contributed by atoms with Gasteiger partial charge in [0, 0.05) is 12.6 Å². The average Bonchev–Trinajstić information content (AvgIpc) is 2.86. The highest BCUT2D eigenvalue weighted by molar-refractivity contribution is 7.93. The number of rotatable bonds is 6. The molecule has 0 unspecified atom stereocenters. The summed E-state index contributed by atoms with van der Waals surface area (Å²) >= 11 is 0.900. The Morgan fingerprint density at radius 2 is 1.96 bits per heavy atom. The van der Waals surface area contributed by atoms with E-state index in [9.17, 15) is 18.0 Å². The molecule has 1 aromatic heterocycles. The van der Waals surface area contributed by atoms with E-state index in [1.165, 1.54) is 25.1 Å². The predicted molar refractivity (Wildman–Crippen MR) is 99.0 cm³/mol. The van der Waals surface area contributed by atoms with E-state index in [0.717, 1.165) is 11.3 Å². The van der Waals surface area contributed by atoms with Crippen LogP contribution in [0.15, 0.2) is 29.2 Å². The first kappa shape index (κ1) is 19.9. The van der Waals surface area contributed by atoms with Crippen molar-refractivity contribution in [1.82, 2.24) is 4.98 Å². The van der Waals surface area contributed by atoms with Gasteiger partial charge in [-0.1, -0.05) is 17.4 Å². The molecular formula is C16H19N3O5S2. The van der Waals surface area contributed by atoms with Crippen molar-refractivity contribution < 1.29 is 22.7 Å². The van der Waals surface area contributed by atoms with Gasteiger partial charge in [-0.05, 0) is 39.0 Å². The van der Waals surface area contributed by atoms with E-state index in [0.29, 0.717) is 11.4 Å². The number of amides is 1. The van der Waals surface area contributed by atoms with Gasteiger partial charge in [-0.3, -0.25) is 9.52 Å². The Labute approximate surface area is 155 Å². The molecule has 1 aromatic carbocycles. The number of hydrogen-bond donors (Lipinski definition) is 2. The minimum absolute atomic E-state index is 0.0390. The van der Waals surface area contributed by atoms with Gasteiger partial charge < -0.3 is 10.1 Å². The lowest BCUT2D eigenvalue weighted by Crippen LogP contribution is -2.13. The Balaban J connectivity index is 2.25. The van der Waals surface area contributed by atoms with Crippen LogP contribution in [-0.2, 0) is 19.6 Å². The smallest absolute Gasteiger partial charge is 0.350 e. The molecule has 0 saturated heterocycles. The number of carbonyl (C=O) groups is 2. The number of aryl methyl sites for hydroxylation is 1. The molecule has 0 aliphatic rings. The summed E-state index contributed by atoms with van der Waals surface area (Å²) in [6.45, 7) is 6.37. The molecule has 0 bridgehead atoms. The molecule has 0 aliphatic heterocycles. The molecule has 0 atom stereocenters. The monoisotopic (exact) mass is 397 g/mol. The Bertz CT molecular complexity index is 935. The number of nitrogens with one attached hydrogen (secondary N) is 2. The van der Waals surface area contributed by atoms with Gasteiger partial charge in [-0.2, -0.15) is 0 Å². The van der Waals surface area contributed by atoms with Gasteiger partial charge in [0.15, 0.2) is 5.13 Å². The number of carbonyl (C=O) groups excluding carboxylic acids is 2. The molecular weight excluding hydrogens is 378 g/mol. The Morgan fingerprint density at radius 3 is 2.58 bits per heavy atom. The van der Waals surface area contributed by atoms with E-state index in [1.807, 2.05) is 0 Å². The maximum atomic E-state index is 12.5. The van der Waals surface area contributed by atoms with Gasteiger partial charge in [0.2, 0.25) is 5.91 Å². The fourth-order valence-corrected chi connectivity index (χ4v) is 4.14. The summed E-state index contributed by atoms with van der Waals surface area (Å²) in [6.07, 6.45) is -0.291. The van der Waals surface area contributed by atoms with Gasteiger partial charge in [0.25, 0.3) is 10.0 Å². The third kappa shape index (κ3) is 5.02. The molecule has 0 fully saturated rings. The number of thiazole rings is 1. The van der Waals surface area contributed by atoms with Crippen LogP contribution in [0.2, 0.25) is 0 Å². The molecule has 2 N–H and O–H groups in total. The van der Waals surface area contributed by atoms with Crippen LogP contribution in [0.3, 0.4) is 0 Å². The van der Waals surface area contributed by atoms with E-state index in [1.54, 1.807) is 26.8 Å². The normalized spacial score (nSPS) is 11.3. The summed E-state index contributed by atoms with van der Waals surface area (Å²) in [7, 11) is -3.93. The van der Waals surface area contributed by atoms with Crippen molar-refractivity contribution in [2.45, 2.75) is 38.7 Å². The third-order valence-corrected chi connectivity index (χ3v) is 5.53. The van der Waals surface area contributed by atoms with Crippen molar-refractivity contribution in [2.24, 2.45) is 0 Å². The number of sulfonamides is 1. The number of ether oxygens (including phenoxy) is 1. The number of benzene rings is 1. The van der Waals surface area contributed by atoms with Crippen molar-refractivity contribution in [3.05, 3.63) is 34.8 Å². The van der Waals surface area contributed by atoms with Gasteiger partial charge >= 0.3 is 5.97 Å². The largest absolute Gasteiger partial charge is 0.459 e. The van der Waals surface area contributed by atoms with Crippen LogP contribution in [0.5, 0.6) is 0 Å². The fraction of sp³-hybridized carbons (Fsp3) is 0.312. The van der Waals surface area contributed by atoms with Crippen molar-refractivity contribution in [3.63, 3.8) is 0 Å². The Kier molecular flexibility index (Phi) is 5.98. The van der Waals surface area contributed by atoms with Crippen LogP contribution in [-0.4, -0.2) is 31.4 Å². The van der Waals surface area contributed by atoms with Gasteiger partial charge in [0.05, 0.1) is 16.7 Å². The summed E-state index contributed by atoms with van der Waals surface area (Å²) in [5.74, 6) is -0.857. The first-order valence-electron chi connectivity index (χ1n) is 7.67. The van der Waals surface area contributed by atoms with Gasteiger partial charge in [0.1, 0.15) is 4.88 Å². The Hall–Kier alpha value is -2.46. The van der Waals surface area contributed by atoms with Crippen LogP contribution in [0.25, 0.3) is 0 Å². The van der Waals surface area contributed by atoms with Crippen LogP contribution >= 0.6 is 11.3 Å². The lowest BCUT2D eigenvalue weighted by atomic mass is 10.3. The lowest BCUT2D eigenvalue weighted by Gasteiger charge is -2.07. The maximum Gasteiger partial charge on any atom is 0.350 e. The minimum atomic E-state index is -3.93. The van der Waals surface area contributed by atoms with Crippen LogP contribution in [0, 0.1) is 6.92 Å². The first-order valence-corrected chi connectivity index (χ1v) is 9.97. The second kappa shape index (κ2) is 7.83. The van der Waals surface area contributed by atoms with Gasteiger partial charge in [-0.15, -0.1) is 0 Å². The highest BCUT2D eigenvalue weighted by Gasteiger charge is 2.22. The third-order valence-electron chi connectivity index (χ3n) is 3.01. The second-order valence-electron chi connectivity index (χ2n) is 5.70. The molecule has 10 heteroatoms. The lowest BCUT2D eigenvalue weighted by molar-refractivity contribution is -0.114.